The summed E-state index contributed by atoms with van der Waals surface area (Å²) in [6, 6.07) is 4.77. The fourth-order valence-corrected chi connectivity index (χ4v) is 1.93. The lowest BCUT2D eigenvalue weighted by atomic mass is 10.2. The van der Waals surface area contributed by atoms with E-state index in [9.17, 15) is 9.59 Å². The lowest BCUT2D eigenvalue weighted by Crippen LogP contribution is -2.50. The van der Waals surface area contributed by atoms with Crippen LogP contribution in [0.1, 0.15) is 6.42 Å². The number of fused-ring (bicyclic) bond motifs is 1. The molecule has 7 heteroatoms. The molecule has 0 unspecified atom stereocenters. The lowest BCUT2D eigenvalue weighted by Gasteiger charge is -2.24. The minimum atomic E-state index is -0.494. The van der Waals surface area contributed by atoms with Crippen molar-refractivity contribution in [2.75, 3.05) is 17.2 Å². The smallest absolute Gasteiger partial charge is 0.330 e. The predicted molar refractivity (Wildman–Crippen MR) is 69.5 cm³/mol. The summed E-state index contributed by atoms with van der Waals surface area (Å²) in [6.45, 7) is 0.283. The van der Waals surface area contributed by atoms with Crippen molar-refractivity contribution >= 4 is 34.5 Å². The molecule has 2 aromatic rings. The Balaban J connectivity index is 1.99. The maximum atomic E-state index is 11.7. The number of carbonyl (C=O) groups is 2. The normalized spacial score (nSPS) is 15.7. The van der Waals surface area contributed by atoms with Gasteiger partial charge in [-0.25, -0.2) is 14.8 Å². The minimum absolute atomic E-state index is 0.245. The average molecular weight is 257 g/mol. The predicted octanol–water partition coefficient (Wildman–Crippen LogP) is 0.658. The summed E-state index contributed by atoms with van der Waals surface area (Å²) < 4.78 is 0. The molecule has 2 heterocycles. The molecule has 19 heavy (non-hydrogen) atoms. The van der Waals surface area contributed by atoms with Crippen LogP contribution in [0, 0.1) is 0 Å². The van der Waals surface area contributed by atoms with Gasteiger partial charge in [-0.05, 0) is 18.2 Å². The van der Waals surface area contributed by atoms with Crippen molar-refractivity contribution in [2.45, 2.75) is 6.42 Å². The lowest BCUT2D eigenvalue weighted by molar-refractivity contribution is -0.120. The second kappa shape index (κ2) is 4.20. The Labute approximate surface area is 108 Å². The topological polar surface area (TPSA) is 101 Å². The number of nitrogens with zero attached hydrogens (tertiary/aromatic N) is 3. The summed E-state index contributed by atoms with van der Waals surface area (Å²) in [5.41, 5.74) is 7.00. The van der Waals surface area contributed by atoms with E-state index < -0.39 is 6.03 Å². The van der Waals surface area contributed by atoms with Crippen LogP contribution in [-0.4, -0.2) is 28.5 Å². The molecule has 0 bridgehead atoms. The summed E-state index contributed by atoms with van der Waals surface area (Å²) in [5.74, 6) is -0.00270. The molecule has 0 saturated carbocycles. The van der Waals surface area contributed by atoms with Crippen molar-refractivity contribution in [1.82, 2.24) is 15.3 Å². The average Bonchev–Trinajstić information content (AvgIpc) is 2.38. The number of rotatable bonds is 1. The van der Waals surface area contributed by atoms with E-state index in [1.54, 1.807) is 24.4 Å². The van der Waals surface area contributed by atoms with Gasteiger partial charge >= 0.3 is 6.03 Å². The van der Waals surface area contributed by atoms with Crippen LogP contribution >= 0.6 is 0 Å². The van der Waals surface area contributed by atoms with E-state index in [1.807, 2.05) is 0 Å². The van der Waals surface area contributed by atoms with Crippen LogP contribution in [0.2, 0.25) is 0 Å². The Bertz CT molecular complexity index is 685. The van der Waals surface area contributed by atoms with E-state index in [1.165, 1.54) is 4.90 Å². The number of imide groups is 1. The quantitative estimate of drug-likeness (QED) is 0.731. The number of anilines is 2. The summed E-state index contributed by atoms with van der Waals surface area (Å²) in [4.78, 5) is 32.6. The number of urea groups is 1. The van der Waals surface area contributed by atoms with Crippen molar-refractivity contribution in [2.24, 2.45) is 0 Å². The van der Waals surface area contributed by atoms with Gasteiger partial charge in [0.25, 0.3) is 0 Å². The SMILES string of the molecule is Nc1ccc2nc(N3CCC(=O)NC3=O)ncc2c1. The highest BCUT2D eigenvalue weighted by atomic mass is 16.2. The first-order valence-electron chi connectivity index (χ1n) is 5.77. The molecule has 1 fully saturated rings. The van der Waals surface area contributed by atoms with Gasteiger partial charge in [-0.3, -0.25) is 15.0 Å². The summed E-state index contributed by atoms with van der Waals surface area (Å²) >= 11 is 0. The molecule has 96 valence electrons. The zero-order chi connectivity index (χ0) is 13.4. The third-order valence-electron chi connectivity index (χ3n) is 2.89. The Morgan fingerprint density at radius 1 is 1.32 bits per heavy atom. The maximum Gasteiger partial charge on any atom is 0.330 e. The Morgan fingerprint density at radius 3 is 2.95 bits per heavy atom. The first-order chi connectivity index (χ1) is 9.13. The van der Waals surface area contributed by atoms with Crippen LogP contribution in [0.3, 0.4) is 0 Å². The van der Waals surface area contributed by atoms with Gasteiger partial charge in [0.05, 0.1) is 5.52 Å². The Hall–Kier alpha value is -2.70. The van der Waals surface area contributed by atoms with Crippen LogP contribution in [0.4, 0.5) is 16.4 Å². The molecule has 1 aliphatic heterocycles. The Kier molecular flexibility index (Phi) is 2.52. The van der Waals surface area contributed by atoms with Gasteiger partial charge in [0.15, 0.2) is 0 Å². The zero-order valence-electron chi connectivity index (χ0n) is 9.96. The van der Waals surface area contributed by atoms with Crippen molar-refractivity contribution in [3.05, 3.63) is 24.4 Å². The molecule has 0 spiro atoms. The maximum absolute atomic E-state index is 11.7. The highest BCUT2D eigenvalue weighted by molar-refractivity contribution is 6.05. The number of hydrogen-bond acceptors (Lipinski definition) is 5. The van der Waals surface area contributed by atoms with Gasteiger partial charge in [-0.2, -0.15) is 0 Å². The van der Waals surface area contributed by atoms with Gasteiger partial charge < -0.3 is 5.73 Å². The van der Waals surface area contributed by atoms with Crippen molar-refractivity contribution < 1.29 is 9.59 Å². The highest BCUT2D eigenvalue weighted by Gasteiger charge is 2.26. The molecule has 0 radical (unpaired) electrons. The van der Waals surface area contributed by atoms with Gasteiger partial charge in [0, 0.05) is 30.2 Å². The van der Waals surface area contributed by atoms with Crippen LogP contribution in [0.5, 0.6) is 0 Å². The fourth-order valence-electron chi connectivity index (χ4n) is 1.93. The second-order valence-electron chi connectivity index (χ2n) is 4.24. The second-order valence-corrected chi connectivity index (χ2v) is 4.24. The number of carbonyl (C=O) groups excluding carboxylic acids is 2. The van der Waals surface area contributed by atoms with E-state index in [-0.39, 0.29) is 24.8 Å². The third-order valence-corrected chi connectivity index (χ3v) is 2.89. The van der Waals surface area contributed by atoms with E-state index in [4.69, 9.17) is 5.73 Å². The largest absolute Gasteiger partial charge is 0.399 e. The third kappa shape index (κ3) is 2.05. The minimum Gasteiger partial charge on any atom is -0.399 e. The van der Waals surface area contributed by atoms with Gasteiger partial charge in [-0.1, -0.05) is 0 Å². The first-order valence-corrected chi connectivity index (χ1v) is 5.77. The van der Waals surface area contributed by atoms with Crippen molar-refractivity contribution in [3.63, 3.8) is 0 Å². The van der Waals surface area contributed by atoms with E-state index in [2.05, 4.69) is 15.3 Å². The number of amides is 3. The number of hydrogen-bond donors (Lipinski definition) is 2. The number of nitrogens with one attached hydrogen (secondary N) is 1. The molecular weight excluding hydrogens is 246 g/mol. The molecule has 0 aliphatic carbocycles. The number of aromatic nitrogens is 2. The molecule has 1 aromatic heterocycles. The molecule has 0 atom stereocenters. The molecule has 1 aliphatic rings. The highest BCUT2D eigenvalue weighted by Crippen LogP contribution is 2.18. The molecule has 7 nitrogen and oxygen atoms in total. The molecule has 3 N–H and O–H groups in total. The van der Waals surface area contributed by atoms with Crippen molar-refractivity contribution in [3.8, 4) is 0 Å². The fraction of sp³-hybridized carbons (Fsp3) is 0.167. The van der Waals surface area contributed by atoms with Gasteiger partial charge in [-0.15, -0.1) is 0 Å². The van der Waals surface area contributed by atoms with Crippen LogP contribution in [-0.2, 0) is 4.79 Å². The summed E-state index contributed by atoms with van der Waals surface area (Å²) in [6.07, 6.45) is 1.85. The van der Waals surface area contributed by atoms with Gasteiger partial charge in [0.1, 0.15) is 0 Å². The molecule has 1 aromatic carbocycles. The van der Waals surface area contributed by atoms with Gasteiger partial charge in [0.2, 0.25) is 11.9 Å². The molecule has 1 saturated heterocycles. The van der Waals surface area contributed by atoms with E-state index >= 15 is 0 Å². The monoisotopic (exact) mass is 257 g/mol. The number of nitrogen functional groups attached to an aromatic ring is 1. The molecular formula is C12H11N5O2. The zero-order valence-corrected chi connectivity index (χ0v) is 9.96. The Morgan fingerprint density at radius 2 is 2.16 bits per heavy atom. The first kappa shape index (κ1) is 11.4. The number of benzene rings is 1. The number of nitrogens with two attached hydrogens (primary N) is 1. The standard InChI is InChI=1S/C12H11N5O2/c13-8-1-2-9-7(5-8)6-14-11(15-9)17-4-3-10(18)16-12(17)19/h1-2,5-6H,3-4,13H2,(H,16,18,19). The molecule has 3 rings (SSSR count). The molecule has 3 amide bonds. The summed E-state index contributed by atoms with van der Waals surface area (Å²) in [7, 11) is 0. The van der Waals surface area contributed by atoms with Crippen LogP contribution in [0.25, 0.3) is 10.9 Å². The summed E-state index contributed by atoms with van der Waals surface area (Å²) in [5, 5.41) is 3.04. The van der Waals surface area contributed by atoms with Crippen LogP contribution in [0.15, 0.2) is 24.4 Å². The van der Waals surface area contributed by atoms with E-state index in [0.717, 1.165) is 5.39 Å². The van der Waals surface area contributed by atoms with Crippen LogP contribution < -0.4 is 16.0 Å². The van der Waals surface area contributed by atoms with E-state index in [0.29, 0.717) is 11.2 Å². The van der Waals surface area contributed by atoms with Crippen molar-refractivity contribution in [1.29, 1.82) is 0 Å².